The van der Waals surface area contributed by atoms with Crippen molar-refractivity contribution in [1.29, 1.82) is 0 Å². The molecule has 0 bridgehead atoms. The maximum atomic E-state index is 13.2. The van der Waals surface area contributed by atoms with E-state index in [1.165, 1.54) is 0 Å². The molecule has 1 aromatic heterocycles. The van der Waals surface area contributed by atoms with Gasteiger partial charge in [0.2, 0.25) is 5.82 Å². The highest BCUT2D eigenvalue weighted by Crippen LogP contribution is 2.31. The second-order valence-corrected chi connectivity index (χ2v) is 4.55. The molecule has 2 aromatic carbocycles. The molecule has 4 nitrogen and oxygen atoms in total. The van der Waals surface area contributed by atoms with Gasteiger partial charge in [-0.25, -0.2) is 8.78 Å². The van der Waals surface area contributed by atoms with E-state index < -0.39 is 11.6 Å². The van der Waals surface area contributed by atoms with Crippen molar-refractivity contribution in [2.45, 2.75) is 6.92 Å². The molecular formula is C15H10F2N2O2. The van der Waals surface area contributed by atoms with Gasteiger partial charge in [-0.15, -0.1) is 0 Å². The lowest BCUT2D eigenvalue weighted by molar-refractivity contribution is 0.425. The van der Waals surface area contributed by atoms with E-state index in [0.29, 0.717) is 11.1 Å². The molecule has 0 saturated carbocycles. The maximum absolute atomic E-state index is 13.2. The summed E-state index contributed by atoms with van der Waals surface area (Å²) in [7, 11) is 0. The number of phenols is 1. The lowest BCUT2D eigenvalue weighted by atomic mass is 10.1. The number of hydrogen-bond acceptors (Lipinski definition) is 4. The summed E-state index contributed by atoms with van der Waals surface area (Å²) in [4.78, 5) is 4.06. The van der Waals surface area contributed by atoms with Crippen LogP contribution in [-0.2, 0) is 0 Å². The highest BCUT2D eigenvalue weighted by molar-refractivity contribution is 5.66. The number of halogens is 2. The van der Waals surface area contributed by atoms with Crippen LogP contribution < -0.4 is 0 Å². The second-order valence-electron chi connectivity index (χ2n) is 4.55. The second kappa shape index (κ2) is 4.97. The predicted octanol–water partition coefficient (Wildman–Crippen LogP) is 3.70. The average Bonchev–Trinajstić information content (AvgIpc) is 2.90. The van der Waals surface area contributed by atoms with Crippen LogP contribution in [0.15, 0.2) is 40.9 Å². The molecule has 1 N–H and O–H groups in total. The van der Waals surface area contributed by atoms with Crippen molar-refractivity contribution in [2.75, 3.05) is 0 Å². The largest absolute Gasteiger partial charge is 0.507 e. The quantitative estimate of drug-likeness (QED) is 0.781. The van der Waals surface area contributed by atoms with Crippen LogP contribution in [0.5, 0.6) is 5.75 Å². The van der Waals surface area contributed by atoms with E-state index in [-0.39, 0.29) is 23.0 Å². The van der Waals surface area contributed by atoms with Crippen LogP contribution in [0.4, 0.5) is 8.78 Å². The van der Waals surface area contributed by atoms with Gasteiger partial charge in [0.15, 0.2) is 0 Å². The Bertz CT molecular complexity index is 795. The summed E-state index contributed by atoms with van der Waals surface area (Å²) in [5.74, 6) is -1.30. The number of benzene rings is 2. The van der Waals surface area contributed by atoms with Crippen molar-refractivity contribution < 1.29 is 18.4 Å². The molecular weight excluding hydrogens is 278 g/mol. The Morgan fingerprint density at radius 2 is 1.81 bits per heavy atom. The molecule has 6 heteroatoms. The van der Waals surface area contributed by atoms with E-state index in [1.807, 2.05) is 0 Å². The van der Waals surface area contributed by atoms with Gasteiger partial charge in [0.25, 0.3) is 5.89 Å². The molecule has 1 heterocycles. The van der Waals surface area contributed by atoms with Crippen LogP contribution in [0.2, 0.25) is 0 Å². The molecule has 3 rings (SSSR count). The highest BCUT2D eigenvalue weighted by atomic mass is 19.1. The minimum Gasteiger partial charge on any atom is -0.507 e. The minimum atomic E-state index is -0.727. The molecule has 106 valence electrons. The average molecular weight is 288 g/mol. The Morgan fingerprint density at radius 1 is 1.10 bits per heavy atom. The maximum Gasteiger partial charge on any atom is 0.262 e. The Kier molecular flexibility index (Phi) is 3.13. The molecule has 0 saturated heterocycles. The number of rotatable bonds is 2. The van der Waals surface area contributed by atoms with E-state index in [9.17, 15) is 13.9 Å². The molecule has 0 unspecified atom stereocenters. The van der Waals surface area contributed by atoms with Gasteiger partial charge >= 0.3 is 0 Å². The number of aryl methyl sites for hydroxylation is 1. The summed E-state index contributed by atoms with van der Waals surface area (Å²) in [5.41, 5.74) is 1.18. The van der Waals surface area contributed by atoms with Crippen molar-refractivity contribution >= 4 is 0 Å². The lowest BCUT2D eigenvalue weighted by Gasteiger charge is -2.01. The lowest BCUT2D eigenvalue weighted by Crippen LogP contribution is -1.86. The number of hydrogen-bond donors (Lipinski definition) is 1. The van der Waals surface area contributed by atoms with Gasteiger partial charge < -0.3 is 9.63 Å². The van der Waals surface area contributed by atoms with Gasteiger partial charge in [-0.3, -0.25) is 0 Å². The van der Waals surface area contributed by atoms with E-state index in [1.54, 1.807) is 25.1 Å². The molecule has 0 aliphatic rings. The first-order chi connectivity index (χ1) is 10.0. The molecule has 0 spiro atoms. The number of phenolic OH excluding ortho intramolecular Hbond substituents is 1. The van der Waals surface area contributed by atoms with Gasteiger partial charge in [-0.05, 0) is 30.7 Å². The zero-order valence-corrected chi connectivity index (χ0v) is 11.0. The third-order valence-corrected chi connectivity index (χ3v) is 3.01. The van der Waals surface area contributed by atoms with Crippen LogP contribution in [0.25, 0.3) is 22.8 Å². The highest BCUT2D eigenvalue weighted by Gasteiger charge is 2.15. The Morgan fingerprint density at radius 3 is 2.52 bits per heavy atom. The number of para-hydroxylation sites is 1. The topological polar surface area (TPSA) is 59.2 Å². The summed E-state index contributed by atoms with van der Waals surface area (Å²) in [5, 5.41) is 13.7. The molecule has 21 heavy (non-hydrogen) atoms. The van der Waals surface area contributed by atoms with Crippen LogP contribution in [0.1, 0.15) is 5.56 Å². The summed E-state index contributed by atoms with van der Waals surface area (Å²) in [6.45, 7) is 1.73. The smallest absolute Gasteiger partial charge is 0.262 e. The number of nitrogens with zero attached hydrogens (tertiary/aromatic N) is 2. The molecule has 0 amide bonds. The molecule has 0 atom stereocenters. The fourth-order valence-corrected chi connectivity index (χ4v) is 1.96. The molecule has 0 fully saturated rings. The van der Waals surface area contributed by atoms with Crippen LogP contribution in [-0.4, -0.2) is 15.2 Å². The molecule has 0 aliphatic heterocycles. The first kappa shape index (κ1) is 13.2. The van der Waals surface area contributed by atoms with Crippen molar-refractivity contribution in [3.8, 4) is 28.6 Å². The van der Waals surface area contributed by atoms with Crippen LogP contribution >= 0.6 is 0 Å². The van der Waals surface area contributed by atoms with Gasteiger partial charge in [0, 0.05) is 11.6 Å². The van der Waals surface area contributed by atoms with Crippen LogP contribution in [0.3, 0.4) is 0 Å². The summed E-state index contributed by atoms with van der Waals surface area (Å²) < 4.78 is 31.4. The summed E-state index contributed by atoms with van der Waals surface area (Å²) >= 11 is 0. The Hall–Kier alpha value is -2.76. The van der Waals surface area contributed by atoms with Crippen molar-refractivity contribution in [2.24, 2.45) is 0 Å². The SMILES string of the molecule is Cc1cccc(-c2nc(-c3cc(F)cc(F)c3)no2)c1O. The molecule has 0 radical (unpaired) electrons. The van der Waals surface area contributed by atoms with E-state index in [2.05, 4.69) is 10.1 Å². The summed E-state index contributed by atoms with van der Waals surface area (Å²) in [6, 6.07) is 8.05. The fourth-order valence-electron chi connectivity index (χ4n) is 1.96. The van der Waals surface area contributed by atoms with Gasteiger partial charge in [-0.1, -0.05) is 17.3 Å². The molecule has 0 aliphatic carbocycles. The fraction of sp³-hybridized carbons (Fsp3) is 0.0667. The zero-order valence-electron chi connectivity index (χ0n) is 11.0. The standard InChI is InChI=1S/C15H10F2N2O2/c1-8-3-2-4-12(13(8)20)15-18-14(19-21-15)9-5-10(16)7-11(17)6-9/h2-7,20H,1H3. The summed E-state index contributed by atoms with van der Waals surface area (Å²) in [6.07, 6.45) is 0. The van der Waals surface area contributed by atoms with Gasteiger partial charge in [-0.2, -0.15) is 4.98 Å². The normalized spacial score (nSPS) is 10.8. The third kappa shape index (κ3) is 2.47. The van der Waals surface area contributed by atoms with Gasteiger partial charge in [0.05, 0.1) is 5.56 Å². The first-order valence-corrected chi connectivity index (χ1v) is 6.14. The minimum absolute atomic E-state index is 0.0260. The molecule has 3 aromatic rings. The first-order valence-electron chi connectivity index (χ1n) is 6.14. The Labute approximate surface area is 118 Å². The van der Waals surface area contributed by atoms with E-state index in [0.717, 1.165) is 18.2 Å². The predicted molar refractivity (Wildman–Crippen MR) is 71.5 cm³/mol. The van der Waals surface area contributed by atoms with Crippen LogP contribution in [0, 0.1) is 18.6 Å². The van der Waals surface area contributed by atoms with Gasteiger partial charge in [0.1, 0.15) is 17.4 Å². The van der Waals surface area contributed by atoms with E-state index >= 15 is 0 Å². The van der Waals surface area contributed by atoms with Crippen molar-refractivity contribution in [1.82, 2.24) is 10.1 Å². The van der Waals surface area contributed by atoms with Crippen molar-refractivity contribution in [3.05, 3.63) is 53.6 Å². The zero-order chi connectivity index (χ0) is 15.0. The monoisotopic (exact) mass is 288 g/mol. The van der Waals surface area contributed by atoms with E-state index in [4.69, 9.17) is 4.52 Å². The number of aromatic nitrogens is 2. The number of aromatic hydroxyl groups is 1. The Balaban J connectivity index is 2.06. The third-order valence-electron chi connectivity index (χ3n) is 3.01. The van der Waals surface area contributed by atoms with Crippen molar-refractivity contribution in [3.63, 3.8) is 0 Å².